The van der Waals surface area contributed by atoms with Crippen molar-refractivity contribution >= 4 is 66.8 Å². The first-order chi connectivity index (χ1) is 10.4. The Morgan fingerprint density at radius 1 is 1.05 bits per heavy atom. The van der Waals surface area contributed by atoms with Crippen LogP contribution in [0.4, 0.5) is 11.4 Å². The summed E-state index contributed by atoms with van der Waals surface area (Å²) in [5.74, 6) is -0.140. The summed E-state index contributed by atoms with van der Waals surface area (Å²) in [5, 5.41) is 16.1. The summed E-state index contributed by atoms with van der Waals surface area (Å²) < 4.78 is 1.08. The Bertz CT molecular complexity index is 798. The van der Waals surface area contributed by atoms with Gasteiger partial charge in [-0.25, -0.2) is 0 Å². The van der Waals surface area contributed by atoms with Gasteiger partial charge in [-0.2, -0.15) is 0 Å². The smallest absolute Gasteiger partial charge is 0.272 e. The van der Waals surface area contributed by atoms with E-state index in [9.17, 15) is 9.90 Å². The normalized spacial score (nSPS) is 15.2. The number of rotatable bonds is 1. The van der Waals surface area contributed by atoms with Crippen LogP contribution >= 0.6 is 43.5 Å². The minimum atomic E-state index is -0.255. The van der Waals surface area contributed by atoms with Gasteiger partial charge in [-0.1, -0.05) is 11.6 Å². The molecule has 112 valence electrons. The first kappa shape index (κ1) is 15.4. The maximum atomic E-state index is 12.2. The van der Waals surface area contributed by atoms with Crippen LogP contribution in [-0.2, 0) is 4.79 Å². The number of hydrogen-bond acceptors (Lipinski definition) is 3. The highest BCUT2D eigenvalue weighted by Crippen LogP contribution is 2.35. The maximum Gasteiger partial charge on any atom is 0.272 e. The van der Waals surface area contributed by atoms with Crippen molar-refractivity contribution in [2.24, 2.45) is 0 Å². The van der Waals surface area contributed by atoms with Gasteiger partial charge >= 0.3 is 0 Å². The van der Waals surface area contributed by atoms with Crippen LogP contribution in [0, 0.1) is 0 Å². The molecular weight excluding hydrogens is 435 g/mol. The lowest BCUT2D eigenvalue weighted by Crippen LogP contribution is -2.25. The molecule has 22 heavy (non-hydrogen) atoms. The number of hydrogen-bond donors (Lipinski definition) is 3. The highest BCUT2D eigenvalue weighted by molar-refractivity contribution is 9.11. The van der Waals surface area contributed by atoms with E-state index < -0.39 is 0 Å². The van der Waals surface area contributed by atoms with Crippen LogP contribution in [0.3, 0.4) is 0 Å². The topological polar surface area (TPSA) is 61.4 Å². The number of amides is 1. The third-order valence-electron chi connectivity index (χ3n) is 3.09. The van der Waals surface area contributed by atoms with Gasteiger partial charge in [-0.05, 0) is 73.8 Å². The van der Waals surface area contributed by atoms with Gasteiger partial charge in [-0.3, -0.25) is 4.79 Å². The molecule has 0 atom stereocenters. The Balaban J connectivity index is 1.99. The van der Waals surface area contributed by atoms with E-state index in [4.69, 9.17) is 11.6 Å². The molecule has 0 aliphatic carbocycles. The van der Waals surface area contributed by atoms with Crippen LogP contribution in [0.2, 0.25) is 5.02 Å². The number of carbonyl (C=O) groups is 1. The Morgan fingerprint density at radius 3 is 2.41 bits per heavy atom. The van der Waals surface area contributed by atoms with Crippen molar-refractivity contribution in [3.63, 3.8) is 0 Å². The van der Waals surface area contributed by atoms with Gasteiger partial charge in [-0.15, -0.1) is 0 Å². The molecule has 1 heterocycles. The minimum Gasteiger partial charge on any atom is -0.506 e. The third-order valence-corrected chi connectivity index (χ3v) is 4.54. The first-order valence-electron chi connectivity index (χ1n) is 6.21. The Kier molecular flexibility index (Phi) is 4.16. The van der Waals surface area contributed by atoms with E-state index in [0.717, 1.165) is 11.3 Å². The molecule has 0 fully saturated rings. The fourth-order valence-electron chi connectivity index (χ4n) is 2.06. The zero-order valence-electron chi connectivity index (χ0n) is 11.0. The summed E-state index contributed by atoms with van der Waals surface area (Å²) in [7, 11) is 0. The molecule has 3 N–H and O–H groups in total. The van der Waals surface area contributed by atoms with Crippen molar-refractivity contribution in [2.75, 3.05) is 10.6 Å². The van der Waals surface area contributed by atoms with Crippen LogP contribution < -0.4 is 10.6 Å². The molecule has 0 radical (unpaired) electrons. The third kappa shape index (κ3) is 2.99. The largest absolute Gasteiger partial charge is 0.506 e. The number of fused-ring (bicyclic) bond motifs is 1. The van der Waals surface area contributed by atoms with Crippen molar-refractivity contribution in [1.82, 2.24) is 0 Å². The molecule has 1 amide bonds. The fourth-order valence-corrected chi connectivity index (χ4v) is 3.45. The molecular formula is C15H9Br2ClN2O2. The molecule has 2 aromatic carbocycles. The fraction of sp³-hybridized carbons (Fsp3) is 0. The number of halogens is 3. The summed E-state index contributed by atoms with van der Waals surface area (Å²) in [6.45, 7) is 0. The van der Waals surface area contributed by atoms with E-state index in [1.807, 2.05) is 0 Å². The van der Waals surface area contributed by atoms with Crippen LogP contribution in [-0.4, -0.2) is 11.0 Å². The van der Waals surface area contributed by atoms with Gasteiger partial charge in [0.25, 0.3) is 5.91 Å². The number of carbonyl (C=O) groups excluding carboxylic acids is 1. The molecule has 0 unspecified atom stereocenters. The molecule has 0 bridgehead atoms. The lowest BCUT2D eigenvalue weighted by atomic mass is 10.1. The highest BCUT2D eigenvalue weighted by atomic mass is 79.9. The molecule has 1 aliphatic rings. The first-order valence-corrected chi connectivity index (χ1v) is 8.18. The molecule has 0 aromatic heterocycles. The van der Waals surface area contributed by atoms with E-state index in [1.54, 1.807) is 36.4 Å². The van der Waals surface area contributed by atoms with Crippen molar-refractivity contribution in [2.45, 2.75) is 0 Å². The molecule has 7 heteroatoms. The average molecular weight is 445 g/mol. The second kappa shape index (κ2) is 5.95. The van der Waals surface area contributed by atoms with Crippen molar-refractivity contribution < 1.29 is 9.90 Å². The van der Waals surface area contributed by atoms with Crippen LogP contribution in [0.1, 0.15) is 5.56 Å². The number of phenolic OH excluding ortho intramolecular Hbond substituents is 1. The van der Waals surface area contributed by atoms with Crippen LogP contribution in [0.15, 0.2) is 45.0 Å². The maximum absolute atomic E-state index is 12.2. The quantitative estimate of drug-likeness (QED) is 0.544. The predicted molar refractivity (Wildman–Crippen MR) is 95.2 cm³/mol. The Labute approximate surface area is 148 Å². The molecule has 3 rings (SSSR count). The zero-order valence-corrected chi connectivity index (χ0v) is 14.9. The molecule has 2 aromatic rings. The van der Waals surface area contributed by atoms with Crippen LogP contribution in [0.25, 0.3) is 6.08 Å². The SMILES string of the molecule is O=C1Nc2cc(Cl)ccc2NC1=Cc1cc(Br)c(O)c(Br)c1. The zero-order chi connectivity index (χ0) is 15.9. The Morgan fingerprint density at radius 2 is 1.73 bits per heavy atom. The summed E-state index contributed by atoms with van der Waals surface area (Å²) in [4.78, 5) is 12.2. The van der Waals surface area contributed by atoms with Gasteiger partial charge in [0.1, 0.15) is 11.4 Å². The standard InChI is InChI=1S/C15H9Br2ClN2O2/c16-9-3-7(4-10(17)14(9)21)5-13-15(22)20-12-6-8(18)1-2-11(12)19-13/h1-6,19,21H,(H,20,22). The monoisotopic (exact) mass is 442 g/mol. The van der Waals surface area contributed by atoms with E-state index in [1.165, 1.54) is 0 Å². The summed E-state index contributed by atoms with van der Waals surface area (Å²) in [5.41, 5.74) is 2.57. The number of nitrogens with one attached hydrogen (secondary N) is 2. The summed E-state index contributed by atoms with van der Waals surface area (Å²) >= 11 is 12.4. The second-order valence-corrected chi connectivity index (χ2v) is 6.81. The van der Waals surface area contributed by atoms with Gasteiger partial charge in [0.05, 0.1) is 20.3 Å². The predicted octanol–water partition coefficient (Wildman–Crippen LogP) is 4.98. The molecule has 0 saturated carbocycles. The highest BCUT2D eigenvalue weighted by Gasteiger charge is 2.19. The van der Waals surface area contributed by atoms with E-state index in [0.29, 0.717) is 25.4 Å². The second-order valence-electron chi connectivity index (χ2n) is 4.66. The lowest BCUT2D eigenvalue weighted by Gasteiger charge is -2.21. The number of aromatic hydroxyl groups is 1. The van der Waals surface area contributed by atoms with Crippen molar-refractivity contribution in [3.05, 3.63) is 55.6 Å². The van der Waals surface area contributed by atoms with Gasteiger partial charge in [0.2, 0.25) is 0 Å². The van der Waals surface area contributed by atoms with E-state index in [2.05, 4.69) is 42.5 Å². The number of phenols is 1. The van der Waals surface area contributed by atoms with Gasteiger partial charge in [0, 0.05) is 5.02 Å². The van der Waals surface area contributed by atoms with Crippen LogP contribution in [0.5, 0.6) is 5.75 Å². The van der Waals surface area contributed by atoms with Crippen molar-refractivity contribution in [1.29, 1.82) is 0 Å². The molecule has 4 nitrogen and oxygen atoms in total. The summed E-state index contributed by atoms with van der Waals surface area (Å²) in [6, 6.07) is 8.68. The summed E-state index contributed by atoms with van der Waals surface area (Å²) in [6.07, 6.45) is 1.70. The molecule has 1 aliphatic heterocycles. The van der Waals surface area contributed by atoms with E-state index >= 15 is 0 Å². The number of anilines is 2. The molecule has 0 saturated heterocycles. The number of benzene rings is 2. The Hall–Kier alpha value is -1.50. The van der Waals surface area contributed by atoms with Crippen molar-refractivity contribution in [3.8, 4) is 5.75 Å². The van der Waals surface area contributed by atoms with E-state index in [-0.39, 0.29) is 11.7 Å². The lowest BCUT2D eigenvalue weighted by molar-refractivity contribution is -0.112. The average Bonchev–Trinajstić information content (AvgIpc) is 2.45. The van der Waals surface area contributed by atoms with Gasteiger partial charge < -0.3 is 15.7 Å². The van der Waals surface area contributed by atoms with Gasteiger partial charge in [0.15, 0.2) is 0 Å². The molecule has 0 spiro atoms. The minimum absolute atomic E-state index is 0.114.